The van der Waals surface area contributed by atoms with Gasteiger partial charge in [-0.3, -0.25) is 9.52 Å². The lowest BCUT2D eigenvalue weighted by atomic mass is 9.82. The molecule has 0 aromatic heterocycles. The third-order valence-electron chi connectivity index (χ3n) is 5.86. The highest BCUT2D eigenvalue weighted by Crippen LogP contribution is 2.31. The summed E-state index contributed by atoms with van der Waals surface area (Å²) in [5.74, 6) is 0.799. The third kappa shape index (κ3) is 6.66. The number of likely N-dealkylation sites (tertiary alicyclic amines) is 1. The zero-order chi connectivity index (χ0) is 19.6. The second-order valence-corrected chi connectivity index (χ2v) is 8.34. The van der Waals surface area contributed by atoms with Crippen molar-refractivity contribution in [1.29, 1.82) is 0 Å². The summed E-state index contributed by atoms with van der Waals surface area (Å²) in [6.07, 6.45) is 11.2. The molecule has 0 radical (unpaired) electrons. The first-order valence-corrected chi connectivity index (χ1v) is 11.5. The van der Waals surface area contributed by atoms with E-state index in [-0.39, 0.29) is 11.9 Å². The highest BCUT2D eigenvalue weighted by Gasteiger charge is 2.34. The fourth-order valence-electron chi connectivity index (χ4n) is 4.48. The lowest BCUT2D eigenvalue weighted by Crippen LogP contribution is -2.56. The summed E-state index contributed by atoms with van der Waals surface area (Å²) in [6.45, 7) is 4.11. The Bertz CT molecular complexity index is 479. The molecule has 2 atom stereocenters. The number of carbonyl (C=O) groups is 1. The average molecular weight is 399 g/mol. The fraction of sp³-hybridized carbons (Fsp3) is 0.850. The van der Waals surface area contributed by atoms with E-state index in [1.807, 2.05) is 25.3 Å². The Labute approximate surface area is 169 Å². The molecule has 1 amide bonds. The minimum absolute atomic E-state index is 0.144. The van der Waals surface area contributed by atoms with Crippen LogP contribution in [0.3, 0.4) is 0 Å². The monoisotopic (exact) mass is 398 g/mol. The zero-order valence-electron chi connectivity index (χ0n) is 17.4. The summed E-state index contributed by atoms with van der Waals surface area (Å²) >= 11 is 1.64. The van der Waals surface area contributed by atoms with Gasteiger partial charge in [0.25, 0.3) is 0 Å². The van der Waals surface area contributed by atoms with Gasteiger partial charge in [-0.05, 0) is 69.5 Å². The van der Waals surface area contributed by atoms with Crippen LogP contribution in [0.1, 0.15) is 45.4 Å². The quantitative estimate of drug-likeness (QED) is 0.517. The second kappa shape index (κ2) is 11.9. The molecule has 0 aromatic rings. The lowest BCUT2D eigenvalue weighted by molar-refractivity contribution is -0.136. The molecule has 1 heterocycles. The Morgan fingerprint density at radius 2 is 1.96 bits per heavy atom. The van der Waals surface area contributed by atoms with Crippen molar-refractivity contribution >= 4 is 17.9 Å². The van der Waals surface area contributed by atoms with Crippen LogP contribution in [0, 0.1) is 5.92 Å². The highest BCUT2D eigenvalue weighted by atomic mass is 32.2. The van der Waals surface area contributed by atoms with Crippen LogP contribution in [0.2, 0.25) is 0 Å². The molecule has 7 heteroatoms. The van der Waals surface area contributed by atoms with E-state index in [0.717, 1.165) is 38.8 Å². The molecule has 6 nitrogen and oxygen atoms in total. The summed E-state index contributed by atoms with van der Waals surface area (Å²) in [7, 11) is 3.97. The van der Waals surface area contributed by atoms with Gasteiger partial charge in [-0.25, -0.2) is 0 Å². The average Bonchev–Trinajstić information content (AvgIpc) is 2.67. The number of ether oxygens (including phenoxy) is 1. The summed E-state index contributed by atoms with van der Waals surface area (Å²) < 4.78 is 9.81. The minimum Gasteiger partial charge on any atom is -0.394 e. The maximum atomic E-state index is 12.1. The smallest absolute Gasteiger partial charge is 0.219 e. The van der Waals surface area contributed by atoms with E-state index in [2.05, 4.69) is 21.6 Å². The van der Waals surface area contributed by atoms with Gasteiger partial charge in [0.05, 0.1) is 18.8 Å². The van der Waals surface area contributed by atoms with Gasteiger partial charge in [-0.2, -0.15) is 0 Å². The van der Waals surface area contributed by atoms with E-state index in [1.54, 1.807) is 18.9 Å². The molecule has 2 fully saturated rings. The van der Waals surface area contributed by atoms with E-state index in [1.165, 1.54) is 18.4 Å². The molecule has 27 heavy (non-hydrogen) atoms. The van der Waals surface area contributed by atoms with Gasteiger partial charge < -0.3 is 20.3 Å². The van der Waals surface area contributed by atoms with E-state index in [4.69, 9.17) is 4.74 Å². The molecule has 0 bridgehead atoms. The molecule has 156 valence electrons. The van der Waals surface area contributed by atoms with Gasteiger partial charge in [0.1, 0.15) is 0 Å². The van der Waals surface area contributed by atoms with Crippen LogP contribution in [0.5, 0.6) is 0 Å². The number of hydrogen-bond acceptors (Lipinski definition) is 6. The molecular weight excluding hydrogens is 360 g/mol. The Kier molecular flexibility index (Phi) is 9.96. The topological polar surface area (TPSA) is 65.6 Å². The SMILES string of the molecule is CN/C=C(\CNC)C1CCC(OCC2C(NSC)CCCN2C(C)=O)CC1. The van der Waals surface area contributed by atoms with Crippen LogP contribution in [0.4, 0.5) is 0 Å². The van der Waals surface area contributed by atoms with Gasteiger partial charge >= 0.3 is 0 Å². The predicted molar refractivity (Wildman–Crippen MR) is 114 cm³/mol. The van der Waals surface area contributed by atoms with E-state index in [9.17, 15) is 4.79 Å². The molecule has 2 aliphatic rings. The summed E-state index contributed by atoms with van der Waals surface area (Å²) in [5.41, 5.74) is 1.46. The lowest BCUT2D eigenvalue weighted by Gasteiger charge is -2.41. The maximum Gasteiger partial charge on any atom is 0.219 e. The fourth-order valence-corrected chi connectivity index (χ4v) is 5.06. The van der Waals surface area contributed by atoms with Crippen molar-refractivity contribution in [2.24, 2.45) is 5.92 Å². The van der Waals surface area contributed by atoms with E-state index in [0.29, 0.717) is 24.7 Å². The minimum atomic E-state index is 0.144. The summed E-state index contributed by atoms with van der Waals surface area (Å²) in [6, 6.07) is 0.459. The molecule has 2 unspecified atom stereocenters. The van der Waals surface area contributed by atoms with Crippen LogP contribution in [-0.4, -0.2) is 69.0 Å². The molecule has 1 saturated heterocycles. The van der Waals surface area contributed by atoms with Crippen molar-refractivity contribution in [2.45, 2.75) is 63.6 Å². The van der Waals surface area contributed by atoms with Crippen LogP contribution < -0.4 is 15.4 Å². The first-order valence-electron chi connectivity index (χ1n) is 10.3. The number of likely N-dealkylation sites (N-methyl/N-ethyl adjacent to an activating group) is 1. The van der Waals surface area contributed by atoms with E-state index >= 15 is 0 Å². The number of nitrogens with zero attached hydrogens (tertiary/aromatic N) is 1. The van der Waals surface area contributed by atoms with Crippen molar-refractivity contribution in [1.82, 2.24) is 20.3 Å². The van der Waals surface area contributed by atoms with Crippen LogP contribution in [-0.2, 0) is 9.53 Å². The Morgan fingerprint density at radius 1 is 1.22 bits per heavy atom. The van der Waals surface area contributed by atoms with Crippen molar-refractivity contribution in [3.05, 3.63) is 11.8 Å². The second-order valence-electron chi connectivity index (χ2n) is 7.70. The Balaban J connectivity index is 1.86. The van der Waals surface area contributed by atoms with Crippen molar-refractivity contribution in [2.75, 3.05) is 40.0 Å². The third-order valence-corrected chi connectivity index (χ3v) is 6.40. The number of hydrogen-bond donors (Lipinski definition) is 3. The molecule has 1 aliphatic carbocycles. The van der Waals surface area contributed by atoms with Crippen LogP contribution >= 0.6 is 11.9 Å². The van der Waals surface area contributed by atoms with Crippen LogP contribution in [0.25, 0.3) is 0 Å². The van der Waals surface area contributed by atoms with Gasteiger partial charge in [-0.15, -0.1) is 0 Å². The van der Waals surface area contributed by atoms with E-state index < -0.39 is 0 Å². The molecular formula is C20H38N4O2S. The molecule has 1 aliphatic heterocycles. The molecule has 2 rings (SSSR count). The van der Waals surface area contributed by atoms with Crippen molar-refractivity contribution < 1.29 is 9.53 Å². The molecule has 0 spiro atoms. The predicted octanol–water partition coefficient (Wildman–Crippen LogP) is 2.13. The largest absolute Gasteiger partial charge is 0.394 e. The van der Waals surface area contributed by atoms with Crippen molar-refractivity contribution in [3.8, 4) is 0 Å². The number of carbonyl (C=O) groups excluding carboxylic acids is 1. The first-order chi connectivity index (χ1) is 13.1. The van der Waals surface area contributed by atoms with Crippen molar-refractivity contribution in [3.63, 3.8) is 0 Å². The summed E-state index contributed by atoms with van der Waals surface area (Å²) in [4.78, 5) is 14.1. The number of piperidine rings is 1. The molecule has 3 N–H and O–H groups in total. The number of amides is 1. The standard InChI is InChI=1S/C20H38N4O2S/c1-15(25)24-11-5-6-19(23-27-4)20(24)14-26-18-9-7-16(8-10-18)17(12-21-2)13-22-3/h12,16,18-23H,5-11,13-14H2,1-4H3/b17-12+. The van der Waals surface area contributed by atoms with Crippen LogP contribution in [0.15, 0.2) is 11.8 Å². The maximum absolute atomic E-state index is 12.1. The highest BCUT2D eigenvalue weighted by molar-refractivity contribution is 7.96. The normalized spacial score (nSPS) is 29.6. The zero-order valence-corrected chi connectivity index (χ0v) is 18.2. The van der Waals surface area contributed by atoms with Gasteiger partial charge in [-0.1, -0.05) is 11.9 Å². The molecule has 1 saturated carbocycles. The Hall–Kier alpha value is -0.760. The van der Waals surface area contributed by atoms with Gasteiger partial charge in [0.15, 0.2) is 0 Å². The number of rotatable bonds is 9. The molecule has 0 aromatic carbocycles. The van der Waals surface area contributed by atoms with Gasteiger partial charge in [0, 0.05) is 33.1 Å². The summed E-state index contributed by atoms with van der Waals surface area (Å²) in [5, 5.41) is 6.46. The Morgan fingerprint density at radius 3 is 2.56 bits per heavy atom. The van der Waals surface area contributed by atoms with Gasteiger partial charge in [0.2, 0.25) is 5.91 Å². The first kappa shape index (κ1) is 22.5. The number of nitrogens with one attached hydrogen (secondary N) is 3.